The standard InChI is InChI=1S/C9H11NO3S/c11-14(12,13)10-9-5-4-7-2-1-3-8(7)6-9/h4-6,10H,1-3H2,(H,11,12,13). The van der Waals surface area contributed by atoms with Crippen molar-refractivity contribution in [1.29, 1.82) is 0 Å². The molecule has 2 rings (SSSR count). The van der Waals surface area contributed by atoms with Crippen molar-refractivity contribution in [3.8, 4) is 0 Å². The lowest BCUT2D eigenvalue weighted by molar-refractivity contribution is 0.489. The highest BCUT2D eigenvalue weighted by molar-refractivity contribution is 7.87. The van der Waals surface area contributed by atoms with Gasteiger partial charge in [-0.25, -0.2) is 0 Å². The lowest BCUT2D eigenvalue weighted by atomic mass is 10.1. The molecule has 0 radical (unpaired) electrons. The van der Waals surface area contributed by atoms with Crippen LogP contribution >= 0.6 is 0 Å². The summed E-state index contributed by atoms with van der Waals surface area (Å²) >= 11 is 0. The van der Waals surface area contributed by atoms with Crippen LogP contribution in [0, 0.1) is 0 Å². The van der Waals surface area contributed by atoms with Gasteiger partial charge in [-0.05, 0) is 42.5 Å². The summed E-state index contributed by atoms with van der Waals surface area (Å²) in [6.07, 6.45) is 3.16. The second-order valence-electron chi connectivity index (χ2n) is 3.41. The van der Waals surface area contributed by atoms with Crippen molar-refractivity contribution in [2.75, 3.05) is 4.72 Å². The van der Waals surface area contributed by atoms with Crippen LogP contribution in [0.5, 0.6) is 0 Å². The van der Waals surface area contributed by atoms with Crippen molar-refractivity contribution in [1.82, 2.24) is 0 Å². The minimum Gasteiger partial charge on any atom is -0.269 e. The van der Waals surface area contributed by atoms with Crippen molar-refractivity contribution < 1.29 is 13.0 Å². The van der Waals surface area contributed by atoms with Gasteiger partial charge in [-0.3, -0.25) is 9.27 Å². The summed E-state index contributed by atoms with van der Waals surface area (Å²) in [5.74, 6) is 0. The Morgan fingerprint density at radius 2 is 1.93 bits per heavy atom. The van der Waals surface area contributed by atoms with Gasteiger partial charge in [-0.1, -0.05) is 6.07 Å². The molecule has 2 N–H and O–H groups in total. The van der Waals surface area contributed by atoms with Gasteiger partial charge in [0.25, 0.3) is 0 Å². The summed E-state index contributed by atoms with van der Waals surface area (Å²) in [6.45, 7) is 0. The van der Waals surface area contributed by atoms with Gasteiger partial charge < -0.3 is 0 Å². The Labute approximate surface area is 82.8 Å². The molecule has 5 heteroatoms. The molecule has 0 aromatic heterocycles. The molecule has 1 aliphatic rings. The zero-order valence-corrected chi connectivity index (χ0v) is 8.34. The molecule has 0 atom stereocenters. The van der Waals surface area contributed by atoms with E-state index >= 15 is 0 Å². The number of rotatable bonds is 2. The van der Waals surface area contributed by atoms with E-state index in [0.717, 1.165) is 19.3 Å². The van der Waals surface area contributed by atoms with Crippen LogP contribution in [0.15, 0.2) is 18.2 Å². The molecule has 0 heterocycles. The number of fused-ring (bicyclic) bond motifs is 1. The van der Waals surface area contributed by atoms with Crippen LogP contribution in [-0.4, -0.2) is 13.0 Å². The summed E-state index contributed by atoms with van der Waals surface area (Å²) in [5, 5.41) is 0. The van der Waals surface area contributed by atoms with Crippen LogP contribution in [0.3, 0.4) is 0 Å². The summed E-state index contributed by atoms with van der Waals surface area (Å²) in [6, 6.07) is 5.34. The van der Waals surface area contributed by atoms with E-state index in [0.29, 0.717) is 5.69 Å². The number of benzene rings is 1. The Hall–Kier alpha value is -1.07. The second kappa shape index (κ2) is 3.25. The first-order chi connectivity index (χ1) is 6.54. The van der Waals surface area contributed by atoms with Crippen molar-refractivity contribution in [2.45, 2.75) is 19.3 Å². The minimum atomic E-state index is -4.14. The van der Waals surface area contributed by atoms with Gasteiger partial charge in [0.05, 0.1) is 5.69 Å². The Balaban J connectivity index is 2.29. The third-order valence-corrected chi connectivity index (χ3v) is 2.84. The quantitative estimate of drug-likeness (QED) is 0.729. The Bertz CT molecular complexity index is 453. The van der Waals surface area contributed by atoms with E-state index in [4.69, 9.17) is 4.55 Å². The number of hydrogen-bond acceptors (Lipinski definition) is 2. The maximum atomic E-state index is 10.5. The van der Waals surface area contributed by atoms with E-state index < -0.39 is 10.3 Å². The van der Waals surface area contributed by atoms with Crippen LogP contribution in [0.1, 0.15) is 17.5 Å². The molecule has 0 saturated heterocycles. The fourth-order valence-corrected chi connectivity index (χ4v) is 2.21. The Morgan fingerprint density at radius 1 is 1.21 bits per heavy atom. The zero-order chi connectivity index (χ0) is 10.2. The van der Waals surface area contributed by atoms with Crippen molar-refractivity contribution >= 4 is 16.0 Å². The van der Waals surface area contributed by atoms with Gasteiger partial charge in [-0.2, -0.15) is 8.42 Å². The third kappa shape index (κ3) is 2.05. The van der Waals surface area contributed by atoms with E-state index in [9.17, 15) is 8.42 Å². The predicted octanol–water partition coefficient (Wildman–Crippen LogP) is 1.39. The molecule has 0 amide bonds. The fourth-order valence-electron chi connectivity index (χ4n) is 1.78. The molecule has 76 valence electrons. The normalized spacial score (nSPS) is 15.2. The SMILES string of the molecule is O=S(=O)(O)Nc1ccc2c(c1)CCC2. The first kappa shape index (κ1) is 9.48. The van der Waals surface area contributed by atoms with Gasteiger partial charge in [0, 0.05) is 0 Å². The number of nitrogens with one attached hydrogen (secondary N) is 1. The van der Waals surface area contributed by atoms with Crippen molar-refractivity contribution in [3.63, 3.8) is 0 Å². The minimum absolute atomic E-state index is 0.424. The highest BCUT2D eigenvalue weighted by Gasteiger charge is 2.12. The number of anilines is 1. The van der Waals surface area contributed by atoms with E-state index in [1.54, 1.807) is 12.1 Å². The summed E-state index contributed by atoms with van der Waals surface area (Å²) in [7, 11) is -4.14. The smallest absolute Gasteiger partial charge is 0.269 e. The average molecular weight is 213 g/mol. The first-order valence-electron chi connectivity index (χ1n) is 4.42. The summed E-state index contributed by atoms with van der Waals surface area (Å²) < 4.78 is 31.7. The highest BCUT2D eigenvalue weighted by atomic mass is 32.2. The summed E-state index contributed by atoms with van der Waals surface area (Å²) in [5.41, 5.74) is 2.86. The average Bonchev–Trinajstić information content (AvgIpc) is 2.47. The maximum absolute atomic E-state index is 10.5. The zero-order valence-electron chi connectivity index (χ0n) is 7.53. The summed E-state index contributed by atoms with van der Waals surface area (Å²) in [4.78, 5) is 0. The molecule has 0 unspecified atom stereocenters. The molecule has 1 aromatic carbocycles. The predicted molar refractivity (Wildman–Crippen MR) is 53.6 cm³/mol. The van der Waals surface area contributed by atoms with Crippen LogP contribution in [-0.2, 0) is 23.1 Å². The molecule has 4 nitrogen and oxygen atoms in total. The van der Waals surface area contributed by atoms with Crippen LogP contribution in [0.2, 0.25) is 0 Å². The number of hydrogen-bond donors (Lipinski definition) is 2. The van der Waals surface area contributed by atoms with Crippen LogP contribution < -0.4 is 4.72 Å². The molecular formula is C9H11NO3S. The molecular weight excluding hydrogens is 202 g/mol. The van der Waals surface area contributed by atoms with Gasteiger partial charge in [0.1, 0.15) is 0 Å². The van der Waals surface area contributed by atoms with E-state index in [1.807, 2.05) is 10.8 Å². The highest BCUT2D eigenvalue weighted by Crippen LogP contribution is 2.25. The van der Waals surface area contributed by atoms with E-state index in [-0.39, 0.29) is 0 Å². The second-order valence-corrected chi connectivity index (χ2v) is 4.57. The van der Waals surface area contributed by atoms with Gasteiger partial charge in [0.2, 0.25) is 0 Å². The van der Waals surface area contributed by atoms with Gasteiger partial charge in [0.15, 0.2) is 0 Å². The van der Waals surface area contributed by atoms with E-state index in [2.05, 4.69) is 0 Å². The molecule has 0 spiro atoms. The van der Waals surface area contributed by atoms with Crippen LogP contribution in [0.4, 0.5) is 5.69 Å². The molecule has 14 heavy (non-hydrogen) atoms. The maximum Gasteiger partial charge on any atom is 0.357 e. The van der Waals surface area contributed by atoms with Gasteiger partial charge in [-0.15, -0.1) is 0 Å². The Kier molecular flexibility index (Phi) is 2.20. The first-order valence-corrected chi connectivity index (χ1v) is 5.86. The largest absolute Gasteiger partial charge is 0.357 e. The third-order valence-electron chi connectivity index (χ3n) is 2.35. The van der Waals surface area contributed by atoms with Crippen molar-refractivity contribution in [3.05, 3.63) is 29.3 Å². The molecule has 0 saturated carbocycles. The molecule has 0 aliphatic heterocycles. The fraction of sp³-hybridized carbons (Fsp3) is 0.333. The Morgan fingerprint density at radius 3 is 2.64 bits per heavy atom. The molecule has 1 aliphatic carbocycles. The molecule has 0 bridgehead atoms. The molecule has 0 fully saturated rings. The van der Waals surface area contributed by atoms with Crippen molar-refractivity contribution in [2.24, 2.45) is 0 Å². The lowest BCUT2D eigenvalue weighted by Gasteiger charge is -2.04. The van der Waals surface area contributed by atoms with E-state index in [1.165, 1.54) is 11.1 Å². The van der Waals surface area contributed by atoms with Gasteiger partial charge >= 0.3 is 10.3 Å². The monoisotopic (exact) mass is 213 g/mol. The lowest BCUT2D eigenvalue weighted by Crippen LogP contribution is -2.10. The molecule has 1 aromatic rings. The van der Waals surface area contributed by atoms with Crippen LogP contribution in [0.25, 0.3) is 0 Å². The topological polar surface area (TPSA) is 66.4 Å². The number of aryl methyl sites for hydroxylation is 2.